The smallest absolute Gasteiger partial charge is 0.0933 e. The van der Waals surface area contributed by atoms with Crippen LogP contribution in [0, 0.1) is 24.2 Å². The van der Waals surface area contributed by atoms with Gasteiger partial charge in [0.2, 0.25) is 0 Å². The third-order valence-electron chi connectivity index (χ3n) is 4.31. The maximum Gasteiger partial charge on any atom is 0.0933 e. The first-order valence-corrected chi connectivity index (χ1v) is 8.25. The molecule has 0 amide bonds. The van der Waals surface area contributed by atoms with E-state index >= 15 is 0 Å². The minimum Gasteiger partial charge on any atom is -0.247 e. The molecule has 3 atom stereocenters. The first-order chi connectivity index (χ1) is 8.38. The summed E-state index contributed by atoms with van der Waals surface area (Å²) in [5.41, 5.74) is 1.40. The van der Waals surface area contributed by atoms with E-state index in [0.29, 0.717) is 11.3 Å². The summed E-state index contributed by atoms with van der Waals surface area (Å²) in [4.78, 5) is 4.61. The first kappa shape index (κ1) is 14.3. The molecule has 1 aromatic rings. The second kappa shape index (κ2) is 5.50. The first-order valence-electron chi connectivity index (χ1n) is 6.93. The van der Waals surface area contributed by atoms with Crippen LogP contribution in [-0.4, -0.2) is 10.4 Å². The second-order valence-corrected chi connectivity index (χ2v) is 8.09. The van der Waals surface area contributed by atoms with Crippen LogP contribution >= 0.6 is 22.9 Å². The van der Waals surface area contributed by atoms with Crippen molar-refractivity contribution in [2.45, 2.75) is 58.8 Å². The average Bonchev–Trinajstić information content (AvgIpc) is 2.62. The maximum absolute atomic E-state index is 6.62. The zero-order valence-electron chi connectivity index (χ0n) is 11.9. The summed E-state index contributed by atoms with van der Waals surface area (Å²) in [6, 6.07) is 0. The minimum absolute atomic E-state index is 0.261. The number of hydrogen-bond acceptors (Lipinski definition) is 2. The Kier molecular flexibility index (Phi) is 4.38. The molecule has 1 fully saturated rings. The molecule has 18 heavy (non-hydrogen) atoms. The summed E-state index contributed by atoms with van der Waals surface area (Å²) in [7, 11) is 0. The minimum atomic E-state index is 0.261. The largest absolute Gasteiger partial charge is 0.247 e. The van der Waals surface area contributed by atoms with Crippen LogP contribution in [0.4, 0.5) is 0 Å². The van der Waals surface area contributed by atoms with Gasteiger partial charge in [0.25, 0.3) is 0 Å². The van der Waals surface area contributed by atoms with E-state index in [-0.39, 0.29) is 5.41 Å². The Morgan fingerprint density at radius 1 is 1.44 bits per heavy atom. The quantitative estimate of drug-likeness (QED) is 0.707. The molecule has 1 aliphatic rings. The predicted octanol–water partition coefficient (Wildman–Crippen LogP) is 5.06. The Labute approximate surface area is 120 Å². The summed E-state index contributed by atoms with van der Waals surface area (Å²) in [6.45, 7) is 9.11. The van der Waals surface area contributed by atoms with Gasteiger partial charge in [0.15, 0.2) is 0 Å². The van der Waals surface area contributed by atoms with E-state index < -0.39 is 0 Å². The molecule has 1 nitrogen and oxygen atoms in total. The molecule has 0 N–H and O–H groups in total. The molecular formula is C15H24ClNS. The predicted molar refractivity (Wildman–Crippen MR) is 80.5 cm³/mol. The number of aryl methyl sites for hydroxylation is 1. The van der Waals surface area contributed by atoms with Gasteiger partial charge >= 0.3 is 0 Å². The van der Waals surface area contributed by atoms with Crippen molar-refractivity contribution in [3.63, 3.8) is 0 Å². The maximum atomic E-state index is 6.62. The van der Waals surface area contributed by atoms with Crippen LogP contribution in [0.15, 0.2) is 5.38 Å². The highest BCUT2D eigenvalue weighted by Crippen LogP contribution is 2.44. The van der Waals surface area contributed by atoms with Crippen LogP contribution < -0.4 is 0 Å². The molecule has 1 saturated carbocycles. The summed E-state index contributed by atoms with van der Waals surface area (Å²) in [6.07, 6.45) is 4.83. The molecule has 1 aliphatic carbocycles. The van der Waals surface area contributed by atoms with Crippen LogP contribution in [-0.2, 0) is 6.42 Å². The number of rotatable bonds is 3. The Morgan fingerprint density at radius 3 is 2.72 bits per heavy atom. The number of aromatic nitrogens is 1. The second-order valence-electron chi connectivity index (χ2n) is 6.59. The molecule has 0 radical (unpaired) electrons. The third kappa shape index (κ3) is 3.27. The highest BCUT2D eigenvalue weighted by Gasteiger charge is 2.38. The number of nitrogens with zero attached hydrogens (tertiary/aromatic N) is 1. The van der Waals surface area contributed by atoms with E-state index in [4.69, 9.17) is 11.6 Å². The molecule has 0 aromatic carbocycles. The van der Waals surface area contributed by atoms with Gasteiger partial charge in [0.05, 0.1) is 5.01 Å². The van der Waals surface area contributed by atoms with Crippen molar-refractivity contribution in [2.24, 2.45) is 17.3 Å². The van der Waals surface area contributed by atoms with Crippen LogP contribution in [0.25, 0.3) is 0 Å². The van der Waals surface area contributed by atoms with Crippen molar-refractivity contribution >= 4 is 22.9 Å². The van der Waals surface area contributed by atoms with E-state index in [2.05, 4.69) is 38.1 Å². The lowest BCUT2D eigenvalue weighted by molar-refractivity contribution is 0.141. The van der Waals surface area contributed by atoms with Crippen LogP contribution in [0.5, 0.6) is 0 Å². The fourth-order valence-electron chi connectivity index (χ4n) is 3.20. The zero-order chi connectivity index (χ0) is 13.3. The Hall–Kier alpha value is -0.0800. The average molecular weight is 286 g/mol. The highest BCUT2D eigenvalue weighted by molar-refractivity contribution is 7.09. The van der Waals surface area contributed by atoms with Gasteiger partial charge in [-0.25, -0.2) is 4.98 Å². The highest BCUT2D eigenvalue weighted by atomic mass is 35.5. The van der Waals surface area contributed by atoms with Crippen LogP contribution in [0.1, 0.15) is 50.7 Å². The molecule has 0 saturated heterocycles. The van der Waals surface area contributed by atoms with Gasteiger partial charge in [-0.1, -0.05) is 27.2 Å². The van der Waals surface area contributed by atoms with Crippen molar-refractivity contribution in [1.82, 2.24) is 4.98 Å². The fourth-order valence-corrected chi connectivity index (χ4v) is 4.98. The van der Waals surface area contributed by atoms with Crippen molar-refractivity contribution in [2.75, 3.05) is 0 Å². The van der Waals surface area contributed by atoms with Gasteiger partial charge in [0, 0.05) is 22.9 Å². The number of hydrogen-bond donors (Lipinski definition) is 0. The van der Waals surface area contributed by atoms with Crippen LogP contribution in [0.2, 0.25) is 0 Å². The van der Waals surface area contributed by atoms with Gasteiger partial charge in [-0.05, 0) is 37.0 Å². The van der Waals surface area contributed by atoms with E-state index in [1.807, 2.05) is 0 Å². The Bertz CT molecular complexity index is 399. The molecule has 3 heteroatoms. The Balaban J connectivity index is 2.05. The lowest BCUT2D eigenvalue weighted by Crippen LogP contribution is -2.37. The van der Waals surface area contributed by atoms with Crippen molar-refractivity contribution in [1.29, 1.82) is 0 Å². The standard InChI is InChI=1S/C15H24ClNS/c1-10-5-6-12(13(16)7-10)15(3,4)8-14-17-11(2)9-18-14/h9-10,12-13H,5-8H2,1-4H3. The van der Waals surface area contributed by atoms with Gasteiger partial charge in [-0.15, -0.1) is 22.9 Å². The molecule has 0 aliphatic heterocycles. The lowest BCUT2D eigenvalue weighted by atomic mass is 9.67. The van der Waals surface area contributed by atoms with Crippen molar-refractivity contribution < 1.29 is 0 Å². The van der Waals surface area contributed by atoms with Crippen molar-refractivity contribution in [3.8, 4) is 0 Å². The monoisotopic (exact) mass is 285 g/mol. The fraction of sp³-hybridized carbons (Fsp3) is 0.800. The van der Waals surface area contributed by atoms with Gasteiger partial charge in [-0.2, -0.15) is 0 Å². The molecular weight excluding hydrogens is 262 g/mol. The summed E-state index contributed by atoms with van der Waals surface area (Å²) < 4.78 is 0. The molecule has 3 unspecified atom stereocenters. The molecule has 2 rings (SSSR count). The Morgan fingerprint density at radius 2 is 2.17 bits per heavy atom. The SMILES string of the molecule is Cc1csc(CC(C)(C)C2CCC(C)CC2Cl)n1. The van der Waals surface area contributed by atoms with Gasteiger partial charge in [0.1, 0.15) is 0 Å². The molecule has 0 bridgehead atoms. The van der Waals surface area contributed by atoms with Crippen molar-refractivity contribution in [3.05, 3.63) is 16.1 Å². The number of thiazole rings is 1. The summed E-state index contributed by atoms with van der Waals surface area (Å²) in [5, 5.41) is 3.75. The number of halogens is 1. The third-order valence-corrected chi connectivity index (χ3v) is 5.76. The van der Waals surface area contributed by atoms with E-state index in [0.717, 1.165) is 18.0 Å². The van der Waals surface area contributed by atoms with Crippen LogP contribution in [0.3, 0.4) is 0 Å². The van der Waals surface area contributed by atoms with E-state index in [9.17, 15) is 0 Å². The topological polar surface area (TPSA) is 12.9 Å². The molecule has 102 valence electrons. The summed E-state index contributed by atoms with van der Waals surface area (Å²) >= 11 is 8.40. The summed E-state index contributed by atoms with van der Waals surface area (Å²) in [5.74, 6) is 1.42. The van der Waals surface area contributed by atoms with Gasteiger partial charge in [-0.3, -0.25) is 0 Å². The van der Waals surface area contributed by atoms with E-state index in [1.165, 1.54) is 24.3 Å². The van der Waals surface area contributed by atoms with E-state index in [1.54, 1.807) is 11.3 Å². The molecule has 0 spiro atoms. The van der Waals surface area contributed by atoms with Gasteiger partial charge < -0.3 is 0 Å². The molecule has 1 aromatic heterocycles. The molecule has 1 heterocycles. The normalized spacial score (nSPS) is 29.5. The lowest BCUT2D eigenvalue weighted by Gasteiger charge is -2.41. The number of alkyl halides is 1. The zero-order valence-corrected chi connectivity index (χ0v) is 13.4.